The standard InChI is InChI=1S/C14H27N5O/c1-8(2)10(7-20)16-11-9(3)12(19-15)18-13(17-11)14(4,5)6/h8,10,20H,7,15H2,1-6H3,(H2,16,17,18,19). The zero-order chi connectivity index (χ0) is 15.5. The third-order valence-electron chi connectivity index (χ3n) is 3.28. The molecular formula is C14H27N5O. The van der Waals surface area contributed by atoms with E-state index < -0.39 is 0 Å². The van der Waals surface area contributed by atoms with Gasteiger partial charge in [-0.25, -0.2) is 15.8 Å². The summed E-state index contributed by atoms with van der Waals surface area (Å²) in [5, 5.41) is 12.7. The second kappa shape index (κ2) is 6.37. The lowest BCUT2D eigenvalue weighted by molar-refractivity contribution is 0.249. The molecule has 1 heterocycles. The minimum atomic E-state index is -0.178. The van der Waals surface area contributed by atoms with Crippen LogP contribution in [0, 0.1) is 12.8 Å². The largest absolute Gasteiger partial charge is 0.394 e. The van der Waals surface area contributed by atoms with E-state index in [4.69, 9.17) is 5.84 Å². The van der Waals surface area contributed by atoms with Crippen molar-refractivity contribution in [3.8, 4) is 0 Å². The molecule has 20 heavy (non-hydrogen) atoms. The van der Waals surface area contributed by atoms with Crippen LogP contribution in [-0.4, -0.2) is 27.7 Å². The Morgan fingerprint density at radius 3 is 2.15 bits per heavy atom. The average Bonchev–Trinajstić information content (AvgIpc) is 2.35. The number of hydrazine groups is 1. The van der Waals surface area contributed by atoms with Gasteiger partial charge in [0.15, 0.2) is 0 Å². The van der Waals surface area contributed by atoms with Crippen LogP contribution in [0.5, 0.6) is 0 Å². The van der Waals surface area contributed by atoms with Crippen LogP contribution in [0.4, 0.5) is 11.6 Å². The van der Waals surface area contributed by atoms with E-state index in [-0.39, 0.29) is 18.1 Å². The third-order valence-corrected chi connectivity index (χ3v) is 3.28. The fourth-order valence-electron chi connectivity index (χ4n) is 1.73. The molecule has 0 spiro atoms. The third kappa shape index (κ3) is 3.80. The van der Waals surface area contributed by atoms with Crippen LogP contribution in [0.2, 0.25) is 0 Å². The molecule has 0 radical (unpaired) electrons. The fraction of sp³-hybridized carbons (Fsp3) is 0.714. The minimum absolute atomic E-state index is 0.0529. The van der Waals surface area contributed by atoms with E-state index in [1.165, 1.54) is 0 Å². The molecule has 6 nitrogen and oxygen atoms in total. The second-order valence-electron chi connectivity index (χ2n) is 6.44. The first-order valence-electron chi connectivity index (χ1n) is 6.93. The van der Waals surface area contributed by atoms with E-state index in [9.17, 15) is 5.11 Å². The quantitative estimate of drug-likeness (QED) is 0.485. The number of nitrogens with zero attached hydrogens (tertiary/aromatic N) is 2. The first-order valence-corrected chi connectivity index (χ1v) is 6.93. The summed E-state index contributed by atoms with van der Waals surface area (Å²) in [5.74, 6) is 7.86. The van der Waals surface area contributed by atoms with Crippen molar-refractivity contribution in [3.63, 3.8) is 0 Å². The molecule has 0 amide bonds. The first-order chi connectivity index (χ1) is 9.20. The molecule has 0 aliphatic heterocycles. The molecule has 6 heteroatoms. The maximum absolute atomic E-state index is 9.46. The van der Waals surface area contributed by atoms with Gasteiger partial charge in [0, 0.05) is 11.0 Å². The second-order valence-corrected chi connectivity index (χ2v) is 6.44. The first kappa shape index (κ1) is 16.7. The number of nitrogens with one attached hydrogen (secondary N) is 2. The van der Waals surface area contributed by atoms with Crippen LogP contribution >= 0.6 is 0 Å². The van der Waals surface area contributed by atoms with Crippen LogP contribution in [0.15, 0.2) is 0 Å². The highest BCUT2D eigenvalue weighted by atomic mass is 16.3. The number of aliphatic hydroxyl groups excluding tert-OH is 1. The molecule has 1 rings (SSSR count). The van der Waals surface area contributed by atoms with Gasteiger partial charge < -0.3 is 15.8 Å². The molecule has 0 aliphatic rings. The number of aromatic nitrogens is 2. The number of aliphatic hydroxyl groups is 1. The highest BCUT2D eigenvalue weighted by molar-refractivity contribution is 5.57. The molecule has 5 N–H and O–H groups in total. The summed E-state index contributed by atoms with van der Waals surface area (Å²) in [6, 6.07) is -0.0537. The normalized spacial score (nSPS) is 13.4. The van der Waals surface area contributed by atoms with Gasteiger partial charge in [-0.1, -0.05) is 34.6 Å². The summed E-state index contributed by atoms with van der Waals surface area (Å²) in [4.78, 5) is 9.04. The van der Waals surface area contributed by atoms with Crippen LogP contribution in [-0.2, 0) is 5.41 Å². The van der Waals surface area contributed by atoms with Gasteiger partial charge in [0.05, 0.1) is 12.6 Å². The number of anilines is 2. The molecule has 0 saturated heterocycles. The number of nitrogen functional groups attached to an aromatic ring is 1. The zero-order valence-electron chi connectivity index (χ0n) is 13.3. The Morgan fingerprint density at radius 1 is 1.20 bits per heavy atom. The topological polar surface area (TPSA) is 96.1 Å². The molecule has 0 bridgehead atoms. The lowest BCUT2D eigenvalue weighted by atomic mass is 9.95. The highest BCUT2D eigenvalue weighted by Gasteiger charge is 2.22. The van der Waals surface area contributed by atoms with Crippen molar-refractivity contribution >= 4 is 11.6 Å². The predicted octanol–water partition coefficient (Wildman–Crippen LogP) is 1.80. The van der Waals surface area contributed by atoms with Crippen molar-refractivity contribution in [2.24, 2.45) is 11.8 Å². The van der Waals surface area contributed by atoms with E-state index in [0.29, 0.717) is 23.4 Å². The fourth-order valence-corrected chi connectivity index (χ4v) is 1.73. The van der Waals surface area contributed by atoms with Gasteiger partial charge in [0.1, 0.15) is 17.5 Å². The van der Waals surface area contributed by atoms with E-state index in [1.54, 1.807) is 0 Å². The lowest BCUT2D eigenvalue weighted by Gasteiger charge is -2.25. The maximum Gasteiger partial charge on any atom is 0.148 e. The Hall–Kier alpha value is -1.40. The predicted molar refractivity (Wildman–Crippen MR) is 82.6 cm³/mol. The molecule has 0 aromatic carbocycles. The molecular weight excluding hydrogens is 254 g/mol. The Labute approximate surface area is 121 Å². The summed E-state index contributed by atoms with van der Waals surface area (Å²) < 4.78 is 0. The summed E-state index contributed by atoms with van der Waals surface area (Å²) in [6.07, 6.45) is 0. The molecule has 0 aliphatic carbocycles. The van der Waals surface area contributed by atoms with E-state index in [0.717, 1.165) is 5.56 Å². The van der Waals surface area contributed by atoms with E-state index >= 15 is 0 Å². The molecule has 1 unspecified atom stereocenters. The number of hydrogen-bond acceptors (Lipinski definition) is 6. The van der Waals surface area contributed by atoms with Gasteiger partial charge in [-0.2, -0.15) is 0 Å². The van der Waals surface area contributed by atoms with Gasteiger partial charge in [-0.05, 0) is 12.8 Å². The maximum atomic E-state index is 9.46. The lowest BCUT2D eigenvalue weighted by Crippen LogP contribution is -2.31. The van der Waals surface area contributed by atoms with Crippen molar-refractivity contribution in [2.75, 3.05) is 17.3 Å². The van der Waals surface area contributed by atoms with Crippen LogP contribution in [0.3, 0.4) is 0 Å². The Morgan fingerprint density at radius 2 is 1.75 bits per heavy atom. The highest BCUT2D eigenvalue weighted by Crippen LogP contribution is 2.26. The van der Waals surface area contributed by atoms with Gasteiger partial charge in [-0.15, -0.1) is 0 Å². The smallest absolute Gasteiger partial charge is 0.148 e. The van der Waals surface area contributed by atoms with Gasteiger partial charge in [0.2, 0.25) is 0 Å². The average molecular weight is 281 g/mol. The summed E-state index contributed by atoms with van der Waals surface area (Å²) >= 11 is 0. The Kier molecular flexibility index (Phi) is 5.30. The molecule has 1 aromatic rings. The van der Waals surface area contributed by atoms with Crippen LogP contribution in [0.25, 0.3) is 0 Å². The molecule has 1 atom stereocenters. The van der Waals surface area contributed by atoms with Gasteiger partial charge in [-0.3, -0.25) is 0 Å². The number of hydrogen-bond donors (Lipinski definition) is 4. The van der Waals surface area contributed by atoms with Gasteiger partial charge >= 0.3 is 0 Å². The Bertz CT molecular complexity index is 454. The summed E-state index contributed by atoms with van der Waals surface area (Å²) in [5.41, 5.74) is 3.28. The monoisotopic (exact) mass is 281 g/mol. The van der Waals surface area contributed by atoms with Crippen molar-refractivity contribution in [1.82, 2.24) is 9.97 Å². The van der Waals surface area contributed by atoms with Crippen molar-refractivity contribution in [2.45, 2.75) is 53.0 Å². The van der Waals surface area contributed by atoms with Crippen LogP contribution in [0.1, 0.15) is 46.0 Å². The van der Waals surface area contributed by atoms with Crippen molar-refractivity contribution < 1.29 is 5.11 Å². The van der Waals surface area contributed by atoms with Crippen LogP contribution < -0.4 is 16.6 Å². The Balaban J connectivity index is 3.24. The molecule has 1 aromatic heterocycles. The van der Waals surface area contributed by atoms with Crippen molar-refractivity contribution in [1.29, 1.82) is 0 Å². The van der Waals surface area contributed by atoms with Crippen molar-refractivity contribution in [3.05, 3.63) is 11.4 Å². The zero-order valence-corrected chi connectivity index (χ0v) is 13.3. The number of nitrogens with two attached hydrogens (primary N) is 1. The number of rotatable bonds is 5. The van der Waals surface area contributed by atoms with E-state index in [2.05, 4.69) is 34.6 Å². The molecule has 0 fully saturated rings. The molecule has 114 valence electrons. The van der Waals surface area contributed by atoms with E-state index in [1.807, 2.05) is 27.7 Å². The molecule has 0 saturated carbocycles. The summed E-state index contributed by atoms with van der Waals surface area (Å²) in [7, 11) is 0. The van der Waals surface area contributed by atoms with Gasteiger partial charge in [0.25, 0.3) is 0 Å². The summed E-state index contributed by atoms with van der Waals surface area (Å²) in [6.45, 7) is 12.2. The minimum Gasteiger partial charge on any atom is -0.394 e. The SMILES string of the molecule is Cc1c(NN)nc(C(C)(C)C)nc1NC(CO)C(C)C.